The number of rotatable bonds is 9. The lowest BCUT2D eigenvalue weighted by molar-refractivity contribution is -0.139. The summed E-state index contributed by atoms with van der Waals surface area (Å²) in [6.45, 7) is 6.69. The Bertz CT molecular complexity index is 1130. The van der Waals surface area contributed by atoms with Crippen LogP contribution in [0, 0.1) is 12.8 Å². The molecule has 0 fully saturated rings. The Hall–Kier alpha value is -3.21. The Labute approximate surface area is 183 Å². The summed E-state index contributed by atoms with van der Waals surface area (Å²) >= 11 is 0. The van der Waals surface area contributed by atoms with Gasteiger partial charge in [-0.05, 0) is 43.5 Å². The number of fused-ring (bicyclic) bond motifs is 1. The lowest BCUT2D eigenvalue weighted by Crippen LogP contribution is -2.21. The van der Waals surface area contributed by atoms with E-state index in [1.54, 1.807) is 18.3 Å². The molecule has 5 heteroatoms. The number of hydrogen-bond donors (Lipinski definition) is 0. The highest BCUT2D eigenvalue weighted by Crippen LogP contribution is 2.18. The van der Waals surface area contributed by atoms with Gasteiger partial charge in [0.15, 0.2) is 0 Å². The summed E-state index contributed by atoms with van der Waals surface area (Å²) in [4.78, 5) is 25.3. The van der Waals surface area contributed by atoms with Crippen LogP contribution in [0.5, 0.6) is 0 Å². The first kappa shape index (κ1) is 22.5. The topological polar surface area (TPSA) is 61.2 Å². The van der Waals surface area contributed by atoms with Crippen LogP contribution in [0.2, 0.25) is 0 Å². The van der Waals surface area contributed by atoms with Gasteiger partial charge in [0.25, 0.3) is 5.56 Å². The monoisotopic (exact) mass is 418 g/mol. The summed E-state index contributed by atoms with van der Waals surface area (Å²) in [7, 11) is 0. The molecule has 1 aromatic heterocycles. The second kappa shape index (κ2) is 10.7. The Morgan fingerprint density at radius 2 is 2.00 bits per heavy atom. The molecular weight excluding hydrogens is 388 g/mol. The van der Waals surface area contributed by atoms with Gasteiger partial charge in [0.05, 0.1) is 23.9 Å². The standard InChI is InChI=1S/C26H30N2O3/c1-4-6-9-20(5-2)18-31-25(29)15-13-21-16-19(3)12-14-24(21)28-26(30)23-11-8-7-10-22(23)17-27-28/h7-8,10-17,20H,4-6,9,18H2,1-3H3/b15-13+. The molecule has 0 bridgehead atoms. The van der Waals surface area contributed by atoms with Gasteiger partial charge in [-0.1, -0.05) is 62.9 Å². The first-order valence-corrected chi connectivity index (χ1v) is 11.0. The summed E-state index contributed by atoms with van der Waals surface area (Å²) in [5, 5.41) is 5.75. The van der Waals surface area contributed by atoms with E-state index >= 15 is 0 Å². The fourth-order valence-electron chi connectivity index (χ4n) is 3.57. The van der Waals surface area contributed by atoms with Crippen LogP contribution in [0.25, 0.3) is 22.5 Å². The van der Waals surface area contributed by atoms with Crippen molar-refractivity contribution in [2.24, 2.45) is 5.92 Å². The van der Waals surface area contributed by atoms with E-state index < -0.39 is 0 Å². The second-order valence-corrected chi connectivity index (χ2v) is 7.89. The number of aromatic nitrogens is 2. The number of ether oxygens (including phenoxy) is 1. The van der Waals surface area contributed by atoms with Gasteiger partial charge in [0.1, 0.15) is 0 Å². The molecule has 0 amide bonds. The Kier molecular flexibility index (Phi) is 7.76. The molecule has 162 valence electrons. The SMILES string of the molecule is CCCCC(CC)COC(=O)/C=C/c1cc(C)ccc1-n1ncc2ccccc2c1=O. The fraction of sp³-hybridized carbons (Fsp3) is 0.346. The van der Waals surface area contributed by atoms with E-state index in [0.29, 0.717) is 23.6 Å². The van der Waals surface area contributed by atoms with Crippen molar-refractivity contribution >= 4 is 22.8 Å². The molecule has 1 unspecified atom stereocenters. The van der Waals surface area contributed by atoms with Gasteiger partial charge >= 0.3 is 5.97 Å². The van der Waals surface area contributed by atoms with Crippen molar-refractivity contribution in [2.45, 2.75) is 46.5 Å². The Morgan fingerprint density at radius 3 is 2.77 bits per heavy atom. The molecule has 1 atom stereocenters. The summed E-state index contributed by atoms with van der Waals surface area (Å²) in [6.07, 6.45) is 9.16. The number of nitrogens with zero attached hydrogens (tertiary/aromatic N) is 2. The average molecular weight is 419 g/mol. The second-order valence-electron chi connectivity index (χ2n) is 7.89. The van der Waals surface area contributed by atoms with E-state index in [9.17, 15) is 9.59 Å². The number of esters is 1. The zero-order valence-corrected chi connectivity index (χ0v) is 18.5. The van der Waals surface area contributed by atoms with E-state index in [1.165, 1.54) is 10.8 Å². The number of benzene rings is 2. The van der Waals surface area contributed by atoms with E-state index in [2.05, 4.69) is 18.9 Å². The van der Waals surface area contributed by atoms with Crippen molar-refractivity contribution < 1.29 is 9.53 Å². The van der Waals surface area contributed by atoms with Crippen LogP contribution < -0.4 is 5.56 Å². The van der Waals surface area contributed by atoms with Crippen LogP contribution in [0.4, 0.5) is 0 Å². The van der Waals surface area contributed by atoms with Gasteiger partial charge < -0.3 is 4.74 Å². The number of carbonyl (C=O) groups excluding carboxylic acids is 1. The third-order valence-corrected chi connectivity index (χ3v) is 5.51. The molecule has 0 aliphatic heterocycles. The summed E-state index contributed by atoms with van der Waals surface area (Å²) in [6, 6.07) is 13.1. The van der Waals surface area contributed by atoms with E-state index in [-0.39, 0.29) is 11.5 Å². The zero-order valence-electron chi connectivity index (χ0n) is 18.5. The average Bonchev–Trinajstić information content (AvgIpc) is 2.79. The first-order chi connectivity index (χ1) is 15.0. The van der Waals surface area contributed by atoms with Crippen molar-refractivity contribution in [2.75, 3.05) is 6.61 Å². The first-order valence-electron chi connectivity index (χ1n) is 11.0. The zero-order chi connectivity index (χ0) is 22.2. The van der Waals surface area contributed by atoms with Gasteiger partial charge in [-0.2, -0.15) is 9.78 Å². The van der Waals surface area contributed by atoms with Crippen LogP contribution in [0.1, 0.15) is 50.7 Å². The molecule has 3 rings (SSSR count). The molecule has 0 radical (unpaired) electrons. The molecule has 1 heterocycles. The maximum atomic E-state index is 13.0. The van der Waals surface area contributed by atoms with Crippen LogP contribution in [-0.2, 0) is 9.53 Å². The Morgan fingerprint density at radius 1 is 1.19 bits per heavy atom. The molecule has 0 saturated carbocycles. The van der Waals surface area contributed by atoms with Crippen molar-refractivity contribution in [1.82, 2.24) is 9.78 Å². The summed E-state index contributed by atoms with van der Waals surface area (Å²) < 4.78 is 6.84. The predicted octanol–water partition coefficient (Wildman–Crippen LogP) is 5.47. The summed E-state index contributed by atoms with van der Waals surface area (Å²) in [5.41, 5.74) is 2.19. The maximum Gasteiger partial charge on any atom is 0.330 e. The molecule has 0 saturated heterocycles. The molecule has 0 aliphatic carbocycles. The minimum atomic E-state index is -0.374. The van der Waals surface area contributed by atoms with Crippen LogP contribution in [-0.4, -0.2) is 22.4 Å². The van der Waals surface area contributed by atoms with Crippen molar-refractivity contribution in [3.05, 3.63) is 76.2 Å². The van der Waals surface area contributed by atoms with E-state index in [1.807, 2.05) is 43.3 Å². The van der Waals surface area contributed by atoms with Crippen LogP contribution in [0.15, 0.2) is 59.5 Å². The molecule has 3 aromatic rings. The molecule has 2 aromatic carbocycles. The highest BCUT2D eigenvalue weighted by atomic mass is 16.5. The summed E-state index contributed by atoms with van der Waals surface area (Å²) in [5.74, 6) is 0.0217. The highest BCUT2D eigenvalue weighted by Gasteiger charge is 2.11. The largest absolute Gasteiger partial charge is 0.462 e. The van der Waals surface area contributed by atoms with Crippen LogP contribution in [0.3, 0.4) is 0 Å². The van der Waals surface area contributed by atoms with Gasteiger partial charge in [-0.25, -0.2) is 4.79 Å². The maximum absolute atomic E-state index is 13.0. The number of carbonyl (C=O) groups is 1. The van der Waals surface area contributed by atoms with E-state index in [4.69, 9.17) is 4.74 Å². The quantitative estimate of drug-likeness (QED) is 0.342. The van der Waals surface area contributed by atoms with Gasteiger partial charge in [-0.3, -0.25) is 4.79 Å². The highest BCUT2D eigenvalue weighted by molar-refractivity contribution is 5.88. The third kappa shape index (κ3) is 5.69. The predicted molar refractivity (Wildman–Crippen MR) is 125 cm³/mol. The minimum Gasteiger partial charge on any atom is -0.462 e. The molecule has 0 spiro atoms. The van der Waals surface area contributed by atoms with E-state index in [0.717, 1.165) is 42.2 Å². The number of unbranched alkanes of at least 4 members (excludes halogenated alkanes) is 1. The third-order valence-electron chi connectivity index (χ3n) is 5.51. The lowest BCUT2D eigenvalue weighted by Gasteiger charge is -2.13. The molecule has 0 aliphatic rings. The minimum absolute atomic E-state index is 0.194. The van der Waals surface area contributed by atoms with Gasteiger partial charge in [0.2, 0.25) is 0 Å². The molecular formula is C26H30N2O3. The van der Waals surface area contributed by atoms with Crippen molar-refractivity contribution in [3.63, 3.8) is 0 Å². The van der Waals surface area contributed by atoms with Crippen molar-refractivity contribution in [3.8, 4) is 5.69 Å². The molecule has 5 nitrogen and oxygen atoms in total. The number of aryl methyl sites for hydroxylation is 1. The van der Waals surface area contributed by atoms with Gasteiger partial charge in [0, 0.05) is 17.0 Å². The normalized spacial score (nSPS) is 12.4. The molecule has 31 heavy (non-hydrogen) atoms. The van der Waals surface area contributed by atoms with Crippen molar-refractivity contribution in [1.29, 1.82) is 0 Å². The Balaban J connectivity index is 1.83. The fourth-order valence-corrected chi connectivity index (χ4v) is 3.57. The van der Waals surface area contributed by atoms with Crippen LogP contribution >= 0.6 is 0 Å². The smallest absolute Gasteiger partial charge is 0.330 e. The lowest BCUT2D eigenvalue weighted by atomic mass is 10.0. The van der Waals surface area contributed by atoms with Gasteiger partial charge in [-0.15, -0.1) is 0 Å². The molecule has 0 N–H and O–H groups in total. The number of hydrogen-bond acceptors (Lipinski definition) is 4.